The third-order valence-electron chi connectivity index (χ3n) is 6.89. The highest BCUT2D eigenvalue weighted by atomic mass is 32.2. The van der Waals surface area contributed by atoms with Gasteiger partial charge in [0.1, 0.15) is 12.6 Å². The molecule has 0 spiro atoms. The summed E-state index contributed by atoms with van der Waals surface area (Å²) in [5.41, 5.74) is 3.03. The second-order valence-corrected chi connectivity index (χ2v) is 11.7. The molecule has 0 saturated heterocycles. The molecule has 7 nitrogen and oxygen atoms in total. The van der Waals surface area contributed by atoms with Crippen molar-refractivity contribution >= 4 is 27.5 Å². The van der Waals surface area contributed by atoms with Crippen LogP contribution in [0.25, 0.3) is 0 Å². The summed E-state index contributed by atoms with van der Waals surface area (Å²) in [5.74, 6) is -0.747. The topological polar surface area (TPSA) is 86.8 Å². The minimum absolute atomic E-state index is 0.0523. The van der Waals surface area contributed by atoms with Gasteiger partial charge in [-0.2, -0.15) is 0 Å². The van der Waals surface area contributed by atoms with Crippen LogP contribution >= 0.6 is 0 Å². The molecule has 0 saturated carbocycles. The largest absolute Gasteiger partial charge is 0.352 e. The molecular formula is C31H39N3O4S. The lowest BCUT2D eigenvalue weighted by molar-refractivity contribution is -0.139. The number of aryl methyl sites for hydroxylation is 2. The van der Waals surface area contributed by atoms with Crippen molar-refractivity contribution in [3.8, 4) is 0 Å². The molecule has 2 atom stereocenters. The predicted molar refractivity (Wildman–Crippen MR) is 156 cm³/mol. The van der Waals surface area contributed by atoms with Crippen LogP contribution in [0.3, 0.4) is 0 Å². The van der Waals surface area contributed by atoms with Gasteiger partial charge in [-0.1, -0.05) is 80.1 Å². The summed E-state index contributed by atoms with van der Waals surface area (Å²) in [6.45, 7) is 9.12. The van der Waals surface area contributed by atoms with E-state index in [0.29, 0.717) is 12.1 Å². The summed E-state index contributed by atoms with van der Waals surface area (Å²) in [6, 6.07) is 22.3. The average molecular weight is 550 g/mol. The van der Waals surface area contributed by atoms with Crippen molar-refractivity contribution in [3.63, 3.8) is 0 Å². The van der Waals surface area contributed by atoms with Crippen molar-refractivity contribution in [2.75, 3.05) is 10.8 Å². The summed E-state index contributed by atoms with van der Waals surface area (Å²) in [5, 5.41) is 2.95. The highest BCUT2D eigenvalue weighted by Crippen LogP contribution is 2.28. The highest BCUT2D eigenvalue weighted by molar-refractivity contribution is 7.92. The van der Waals surface area contributed by atoms with Crippen molar-refractivity contribution in [2.45, 2.75) is 71.0 Å². The fraction of sp³-hybridized carbons (Fsp3) is 0.355. The smallest absolute Gasteiger partial charge is 0.264 e. The third kappa shape index (κ3) is 7.47. The number of nitrogens with zero attached hydrogens (tertiary/aromatic N) is 2. The van der Waals surface area contributed by atoms with E-state index in [4.69, 9.17) is 0 Å². The molecule has 0 aliphatic carbocycles. The SMILES string of the molecule is CCc1ccccc1N(CC(=O)N(Cc1ccccc1)[C@H](C)C(=O)N[C@@H](C)CC)S(=O)(=O)c1ccc(C)cc1. The maximum absolute atomic E-state index is 14.0. The molecule has 208 valence electrons. The van der Waals surface area contributed by atoms with Crippen LogP contribution in [-0.2, 0) is 32.6 Å². The van der Waals surface area contributed by atoms with Crippen LogP contribution in [0.15, 0.2) is 83.8 Å². The molecule has 3 aromatic rings. The Morgan fingerprint density at radius 1 is 0.872 bits per heavy atom. The zero-order valence-electron chi connectivity index (χ0n) is 23.4. The number of sulfonamides is 1. The Morgan fingerprint density at radius 2 is 1.49 bits per heavy atom. The molecular weight excluding hydrogens is 510 g/mol. The first-order valence-corrected chi connectivity index (χ1v) is 14.8. The fourth-order valence-electron chi connectivity index (χ4n) is 4.23. The van der Waals surface area contributed by atoms with Crippen molar-refractivity contribution in [2.24, 2.45) is 0 Å². The van der Waals surface area contributed by atoms with Gasteiger partial charge in [0.05, 0.1) is 10.6 Å². The predicted octanol–water partition coefficient (Wildman–Crippen LogP) is 5.08. The van der Waals surface area contributed by atoms with Crippen molar-refractivity contribution in [1.29, 1.82) is 0 Å². The van der Waals surface area contributed by atoms with E-state index in [1.807, 2.05) is 70.2 Å². The highest BCUT2D eigenvalue weighted by Gasteiger charge is 2.33. The number of carbonyl (C=O) groups excluding carboxylic acids is 2. The van der Waals surface area contributed by atoms with E-state index >= 15 is 0 Å². The molecule has 3 aromatic carbocycles. The Morgan fingerprint density at radius 3 is 2.10 bits per heavy atom. The van der Waals surface area contributed by atoms with E-state index < -0.39 is 28.5 Å². The molecule has 0 aliphatic heterocycles. The van der Waals surface area contributed by atoms with Gasteiger partial charge < -0.3 is 10.2 Å². The van der Waals surface area contributed by atoms with Crippen molar-refractivity contribution in [1.82, 2.24) is 10.2 Å². The zero-order chi connectivity index (χ0) is 28.6. The number of para-hydroxylation sites is 1. The zero-order valence-corrected chi connectivity index (χ0v) is 24.2. The van der Waals surface area contributed by atoms with Gasteiger partial charge in [-0.05, 0) is 62.9 Å². The van der Waals surface area contributed by atoms with Gasteiger partial charge >= 0.3 is 0 Å². The van der Waals surface area contributed by atoms with Crippen LogP contribution < -0.4 is 9.62 Å². The minimum atomic E-state index is -4.09. The summed E-state index contributed by atoms with van der Waals surface area (Å²) >= 11 is 0. The number of nitrogens with one attached hydrogen (secondary N) is 1. The standard InChI is InChI=1S/C31H39N3O4S/c1-6-24(4)32-31(36)25(5)33(21-26-13-9-8-10-14-26)30(35)22-34(29-16-12-11-15-27(29)7-2)39(37,38)28-19-17-23(3)18-20-28/h8-20,24-25H,6-7,21-22H2,1-5H3,(H,32,36)/t24-,25+/m0/s1. The molecule has 0 fully saturated rings. The molecule has 0 aromatic heterocycles. The van der Waals surface area contributed by atoms with Crippen LogP contribution in [0.4, 0.5) is 5.69 Å². The van der Waals surface area contributed by atoms with Gasteiger partial charge in [-0.25, -0.2) is 8.42 Å². The first-order valence-electron chi connectivity index (χ1n) is 13.4. The average Bonchev–Trinajstić information content (AvgIpc) is 2.94. The number of hydrogen-bond acceptors (Lipinski definition) is 4. The maximum atomic E-state index is 14.0. The maximum Gasteiger partial charge on any atom is 0.264 e. The molecule has 0 bridgehead atoms. The van der Waals surface area contributed by atoms with Gasteiger partial charge in [0.25, 0.3) is 10.0 Å². The Balaban J connectivity index is 2.05. The first kappa shape index (κ1) is 29.9. The van der Waals surface area contributed by atoms with Gasteiger partial charge in [0.15, 0.2) is 0 Å². The van der Waals surface area contributed by atoms with Crippen LogP contribution in [0.1, 0.15) is 50.8 Å². The molecule has 3 rings (SSSR count). The van der Waals surface area contributed by atoms with E-state index in [-0.39, 0.29) is 23.4 Å². The molecule has 0 heterocycles. The number of anilines is 1. The van der Waals surface area contributed by atoms with E-state index in [1.54, 1.807) is 43.3 Å². The van der Waals surface area contributed by atoms with Crippen LogP contribution in [0.5, 0.6) is 0 Å². The number of benzene rings is 3. The van der Waals surface area contributed by atoms with Gasteiger partial charge in [-0.3, -0.25) is 13.9 Å². The van der Waals surface area contributed by atoms with Crippen LogP contribution in [0, 0.1) is 6.92 Å². The second kappa shape index (κ2) is 13.4. The summed E-state index contributed by atoms with van der Waals surface area (Å²) in [6.07, 6.45) is 1.34. The molecule has 1 N–H and O–H groups in total. The summed E-state index contributed by atoms with van der Waals surface area (Å²) < 4.78 is 29.2. The molecule has 39 heavy (non-hydrogen) atoms. The Labute approximate surface area is 232 Å². The van der Waals surface area contributed by atoms with E-state index in [0.717, 1.165) is 23.1 Å². The Hall–Kier alpha value is -3.65. The minimum Gasteiger partial charge on any atom is -0.352 e. The summed E-state index contributed by atoms with van der Waals surface area (Å²) in [4.78, 5) is 28.7. The third-order valence-corrected chi connectivity index (χ3v) is 8.67. The quantitative estimate of drug-likeness (QED) is 0.341. The van der Waals surface area contributed by atoms with E-state index in [9.17, 15) is 18.0 Å². The number of rotatable bonds is 12. The number of carbonyl (C=O) groups is 2. The Bertz CT molecular complexity index is 1360. The number of hydrogen-bond donors (Lipinski definition) is 1. The van der Waals surface area contributed by atoms with Crippen molar-refractivity contribution < 1.29 is 18.0 Å². The second-order valence-electron chi connectivity index (χ2n) is 9.81. The van der Waals surface area contributed by atoms with Crippen LogP contribution in [0.2, 0.25) is 0 Å². The summed E-state index contributed by atoms with van der Waals surface area (Å²) in [7, 11) is -4.09. The molecule has 0 unspecified atom stereocenters. The fourth-order valence-corrected chi connectivity index (χ4v) is 5.68. The number of amides is 2. The van der Waals surface area contributed by atoms with Crippen molar-refractivity contribution in [3.05, 3.63) is 95.6 Å². The van der Waals surface area contributed by atoms with E-state index in [1.165, 1.54) is 9.21 Å². The van der Waals surface area contributed by atoms with Gasteiger partial charge in [0, 0.05) is 12.6 Å². The lowest BCUT2D eigenvalue weighted by Crippen LogP contribution is -2.52. The normalized spacial score (nSPS) is 12.8. The lowest BCUT2D eigenvalue weighted by atomic mass is 10.1. The van der Waals surface area contributed by atoms with Gasteiger partial charge in [-0.15, -0.1) is 0 Å². The molecule has 8 heteroatoms. The van der Waals surface area contributed by atoms with Gasteiger partial charge in [0.2, 0.25) is 11.8 Å². The van der Waals surface area contributed by atoms with Crippen LogP contribution in [-0.4, -0.2) is 43.8 Å². The molecule has 0 radical (unpaired) electrons. The molecule has 0 aliphatic rings. The molecule has 2 amide bonds. The monoisotopic (exact) mass is 549 g/mol. The van der Waals surface area contributed by atoms with E-state index in [2.05, 4.69) is 5.32 Å². The lowest BCUT2D eigenvalue weighted by Gasteiger charge is -2.33. The Kier molecular flexibility index (Phi) is 10.3. The first-order chi connectivity index (χ1) is 18.6.